The summed E-state index contributed by atoms with van der Waals surface area (Å²) in [4.78, 5) is 33.8. The number of amides is 4. The average molecular weight is 280 g/mol. The van der Waals surface area contributed by atoms with Crippen LogP contribution < -0.4 is 16.0 Å². The van der Waals surface area contributed by atoms with Crippen molar-refractivity contribution in [2.75, 3.05) is 20.3 Å². The maximum atomic E-state index is 11.5. The zero-order chi connectivity index (χ0) is 14.1. The molecule has 8 heteroatoms. The van der Waals surface area contributed by atoms with Gasteiger partial charge in [-0.15, -0.1) is 11.6 Å². The van der Waals surface area contributed by atoms with E-state index in [4.69, 9.17) is 16.3 Å². The van der Waals surface area contributed by atoms with Crippen LogP contribution in [0.25, 0.3) is 0 Å². The highest BCUT2D eigenvalue weighted by Gasteiger charge is 2.18. The summed E-state index contributed by atoms with van der Waals surface area (Å²) in [6.07, 6.45) is 0. The second-order valence-electron chi connectivity index (χ2n) is 3.58. The largest absolute Gasteiger partial charge is 0.383 e. The number of carbonyl (C=O) groups is 3. The smallest absolute Gasteiger partial charge is 0.322 e. The summed E-state index contributed by atoms with van der Waals surface area (Å²) in [5.41, 5.74) is 0. The van der Waals surface area contributed by atoms with Crippen LogP contribution in [0.15, 0.2) is 0 Å². The van der Waals surface area contributed by atoms with E-state index in [0.29, 0.717) is 13.2 Å². The highest BCUT2D eigenvalue weighted by Crippen LogP contribution is 1.92. The maximum absolute atomic E-state index is 11.5. The lowest BCUT2D eigenvalue weighted by Gasteiger charge is -2.14. The quantitative estimate of drug-likeness (QED) is 0.455. The number of ether oxygens (including phenoxy) is 1. The first-order chi connectivity index (χ1) is 8.38. The van der Waals surface area contributed by atoms with Crippen molar-refractivity contribution >= 4 is 29.4 Å². The molecule has 0 heterocycles. The molecule has 0 aromatic heterocycles. The van der Waals surface area contributed by atoms with E-state index in [1.165, 1.54) is 21.0 Å². The number of hydrogen-bond donors (Lipinski definition) is 3. The van der Waals surface area contributed by atoms with Crippen molar-refractivity contribution in [2.24, 2.45) is 0 Å². The molecule has 2 unspecified atom stereocenters. The molecule has 0 aliphatic rings. The van der Waals surface area contributed by atoms with Crippen LogP contribution in [0.1, 0.15) is 13.8 Å². The third-order valence-corrected chi connectivity index (χ3v) is 2.14. The lowest BCUT2D eigenvalue weighted by Crippen LogP contribution is -2.51. The predicted octanol–water partition coefficient (Wildman–Crippen LogP) is -0.409. The molecule has 0 aliphatic carbocycles. The van der Waals surface area contributed by atoms with E-state index in [9.17, 15) is 14.4 Å². The zero-order valence-corrected chi connectivity index (χ0v) is 11.3. The molecule has 0 bridgehead atoms. The number of methoxy groups -OCH3 is 1. The summed E-state index contributed by atoms with van der Waals surface area (Å²) in [5, 5.41) is 6.05. The molecule has 18 heavy (non-hydrogen) atoms. The summed E-state index contributed by atoms with van der Waals surface area (Å²) in [6, 6.07) is -1.53. The number of halogens is 1. The molecule has 7 nitrogen and oxygen atoms in total. The van der Waals surface area contributed by atoms with Crippen molar-refractivity contribution < 1.29 is 19.1 Å². The monoisotopic (exact) mass is 279 g/mol. The van der Waals surface area contributed by atoms with Gasteiger partial charge in [0.2, 0.25) is 11.8 Å². The van der Waals surface area contributed by atoms with Crippen molar-refractivity contribution in [1.29, 1.82) is 0 Å². The number of urea groups is 1. The van der Waals surface area contributed by atoms with Crippen LogP contribution in [0.4, 0.5) is 4.79 Å². The topological polar surface area (TPSA) is 96.5 Å². The molecular weight excluding hydrogens is 262 g/mol. The summed E-state index contributed by atoms with van der Waals surface area (Å²) in [5.74, 6) is -0.991. The Hall–Kier alpha value is -1.34. The molecule has 0 saturated carbocycles. The third kappa shape index (κ3) is 7.08. The summed E-state index contributed by atoms with van der Waals surface area (Å²) >= 11 is 5.47. The molecule has 0 radical (unpaired) electrons. The fraction of sp³-hybridized carbons (Fsp3) is 0.700. The van der Waals surface area contributed by atoms with Crippen molar-refractivity contribution in [2.45, 2.75) is 25.3 Å². The minimum absolute atomic E-state index is 0.348. The van der Waals surface area contributed by atoms with E-state index in [1.807, 2.05) is 5.32 Å². The third-order valence-electron chi connectivity index (χ3n) is 1.94. The van der Waals surface area contributed by atoms with Crippen molar-refractivity contribution in [3.05, 3.63) is 0 Å². The molecule has 104 valence electrons. The Morgan fingerprint density at radius 1 is 1.22 bits per heavy atom. The number of alkyl halides is 1. The zero-order valence-electron chi connectivity index (χ0n) is 10.6. The molecule has 0 spiro atoms. The molecule has 0 aliphatic heterocycles. The Bertz CT molecular complexity index is 309. The Kier molecular flexibility index (Phi) is 8.06. The molecule has 0 saturated heterocycles. The van der Waals surface area contributed by atoms with Gasteiger partial charge >= 0.3 is 6.03 Å². The van der Waals surface area contributed by atoms with Crippen LogP contribution in [0, 0.1) is 0 Å². The average Bonchev–Trinajstić information content (AvgIpc) is 2.28. The molecule has 0 aromatic rings. The first-order valence-corrected chi connectivity index (χ1v) is 5.84. The molecule has 0 rings (SSSR count). The summed E-state index contributed by atoms with van der Waals surface area (Å²) < 4.78 is 4.76. The normalized spacial score (nSPS) is 13.3. The van der Waals surface area contributed by atoms with Crippen LogP contribution in [0.5, 0.6) is 0 Å². The molecule has 4 amide bonds. The number of hydrogen-bond acceptors (Lipinski definition) is 4. The minimum Gasteiger partial charge on any atom is -0.383 e. The molecule has 3 N–H and O–H groups in total. The van der Waals surface area contributed by atoms with Gasteiger partial charge in [-0.1, -0.05) is 0 Å². The van der Waals surface area contributed by atoms with Gasteiger partial charge in [0.15, 0.2) is 0 Å². The van der Waals surface area contributed by atoms with Gasteiger partial charge in [-0.25, -0.2) is 4.79 Å². The minimum atomic E-state index is -0.818. The lowest BCUT2D eigenvalue weighted by atomic mass is 10.3. The van der Waals surface area contributed by atoms with E-state index in [0.717, 1.165) is 0 Å². The first-order valence-electron chi connectivity index (χ1n) is 5.40. The Morgan fingerprint density at radius 3 is 2.33 bits per heavy atom. The van der Waals surface area contributed by atoms with Crippen molar-refractivity contribution in [3.8, 4) is 0 Å². The fourth-order valence-corrected chi connectivity index (χ4v) is 0.994. The van der Waals surface area contributed by atoms with E-state index >= 15 is 0 Å². The Balaban J connectivity index is 3.99. The van der Waals surface area contributed by atoms with Gasteiger partial charge in [-0.05, 0) is 13.8 Å². The van der Waals surface area contributed by atoms with Gasteiger partial charge in [0.25, 0.3) is 0 Å². The Morgan fingerprint density at radius 2 is 1.83 bits per heavy atom. The van der Waals surface area contributed by atoms with Crippen molar-refractivity contribution in [3.63, 3.8) is 0 Å². The first kappa shape index (κ1) is 16.7. The lowest BCUT2D eigenvalue weighted by molar-refractivity contribution is -0.123. The molecule has 0 fully saturated rings. The SMILES string of the molecule is COCCNC(=O)C(C)NC(=O)NC(=O)C(C)Cl. The van der Waals surface area contributed by atoms with E-state index in [2.05, 4.69) is 10.6 Å². The summed E-state index contributed by atoms with van der Waals surface area (Å²) in [6.45, 7) is 3.66. The van der Waals surface area contributed by atoms with Gasteiger partial charge in [0, 0.05) is 13.7 Å². The highest BCUT2D eigenvalue weighted by molar-refractivity contribution is 6.31. The van der Waals surface area contributed by atoms with Gasteiger partial charge in [-0.2, -0.15) is 0 Å². The van der Waals surface area contributed by atoms with Gasteiger partial charge in [0.05, 0.1) is 6.61 Å². The molecule has 2 atom stereocenters. The second kappa shape index (κ2) is 8.71. The fourth-order valence-electron chi connectivity index (χ4n) is 0.939. The number of nitrogens with one attached hydrogen (secondary N) is 3. The van der Waals surface area contributed by atoms with E-state index in [-0.39, 0.29) is 5.91 Å². The standard InChI is InChI=1S/C10H18ClN3O4/c1-6(11)8(15)14-10(17)13-7(2)9(16)12-4-5-18-3/h6-7H,4-5H2,1-3H3,(H,12,16)(H2,13,14,15,17). The van der Waals surface area contributed by atoms with Gasteiger partial charge < -0.3 is 15.4 Å². The van der Waals surface area contributed by atoms with Crippen LogP contribution in [0.2, 0.25) is 0 Å². The summed E-state index contributed by atoms with van der Waals surface area (Å²) in [7, 11) is 1.51. The second-order valence-corrected chi connectivity index (χ2v) is 4.24. The van der Waals surface area contributed by atoms with Crippen LogP contribution in [-0.4, -0.2) is 49.5 Å². The molecule has 0 aromatic carbocycles. The molecular formula is C10H18ClN3O4. The van der Waals surface area contributed by atoms with Crippen molar-refractivity contribution in [1.82, 2.24) is 16.0 Å². The predicted molar refractivity (Wildman–Crippen MR) is 66.3 cm³/mol. The Labute approximate surface area is 111 Å². The maximum Gasteiger partial charge on any atom is 0.322 e. The van der Waals surface area contributed by atoms with E-state index < -0.39 is 23.4 Å². The number of rotatable bonds is 6. The van der Waals surface area contributed by atoms with Crippen LogP contribution in [-0.2, 0) is 14.3 Å². The number of carbonyl (C=O) groups excluding carboxylic acids is 3. The van der Waals surface area contributed by atoms with Gasteiger partial charge in [-0.3, -0.25) is 14.9 Å². The van der Waals surface area contributed by atoms with Crippen LogP contribution in [0.3, 0.4) is 0 Å². The van der Waals surface area contributed by atoms with E-state index in [1.54, 1.807) is 0 Å². The highest BCUT2D eigenvalue weighted by atomic mass is 35.5. The van der Waals surface area contributed by atoms with Gasteiger partial charge in [0.1, 0.15) is 11.4 Å². The van der Waals surface area contributed by atoms with Crippen LogP contribution >= 0.6 is 11.6 Å². The number of imide groups is 1.